The smallest absolute Gasteiger partial charge is 0.0900 e. The van der Waals surface area contributed by atoms with Crippen LogP contribution in [0, 0.1) is 0 Å². The lowest BCUT2D eigenvalue weighted by Crippen LogP contribution is -2.54. The molecule has 2 heterocycles. The van der Waals surface area contributed by atoms with Crippen molar-refractivity contribution >= 4 is 11.3 Å². The van der Waals surface area contributed by atoms with E-state index in [2.05, 4.69) is 16.7 Å². The average molecular weight is 328 g/mol. The molecule has 0 unspecified atom stereocenters. The number of nitrogens with zero attached hydrogens (tertiary/aromatic N) is 2. The van der Waals surface area contributed by atoms with Gasteiger partial charge in [-0.05, 0) is 25.3 Å². The highest BCUT2D eigenvalue weighted by molar-refractivity contribution is 7.09. The molecule has 0 bridgehead atoms. The highest BCUT2D eigenvalue weighted by Crippen LogP contribution is 2.12. The number of piperazine rings is 1. The van der Waals surface area contributed by atoms with E-state index in [1.807, 2.05) is 24.4 Å². The summed E-state index contributed by atoms with van der Waals surface area (Å²) in [5, 5.41) is 21.6. The molecule has 0 aromatic carbocycles. The second kappa shape index (κ2) is 8.96. The third kappa shape index (κ3) is 5.95. The van der Waals surface area contributed by atoms with Gasteiger partial charge in [-0.2, -0.15) is 0 Å². The van der Waals surface area contributed by atoms with Gasteiger partial charge < -0.3 is 14.9 Å². The van der Waals surface area contributed by atoms with Crippen LogP contribution in [-0.2, 0) is 11.3 Å². The van der Waals surface area contributed by atoms with E-state index in [0.717, 1.165) is 26.2 Å². The van der Waals surface area contributed by atoms with Crippen molar-refractivity contribution < 1.29 is 14.9 Å². The van der Waals surface area contributed by atoms with Gasteiger partial charge in [-0.25, -0.2) is 0 Å². The number of aliphatic hydroxyl groups is 2. The Hall–Kier alpha value is -0.500. The van der Waals surface area contributed by atoms with Crippen molar-refractivity contribution in [2.75, 3.05) is 39.3 Å². The van der Waals surface area contributed by atoms with E-state index in [0.29, 0.717) is 25.8 Å². The predicted molar refractivity (Wildman–Crippen MR) is 89.1 cm³/mol. The standard InChI is InChI=1S/C16H28N2O3S/c1-13-8-17(5-6-18(13)9-14(2)19)10-15(20)11-21-12-16-4-3-7-22-16/h3-4,7,13-15,19-20H,5-6,8-12H2,1-2H3/t13-,14-,15+/m0/s1. The van der Waals surface area contributed by atoms with Crippen LogP contribution in [0.5, 0.6) is 0 Å². The lowest BCUT2D eigenvalue weighted by atomic mass is 10.1. The van der Waals surface area contributed by atoms with Gasteiger partial charge >= 0.3 is 0 Å². The van der Waals surface area contributed by atoms with Crippen molar-refractivity contribution in [3.05, 3.63) is 22.4 Å². The minimum atomic E-state index is -0.449. The molecule has 1 fully saturated rings. The Morgan fingerprint density at radius 1 is 1.36 bits per heavy atom. The minimum absolute atomic E-state index is 0.287. The van der Waals surface area contributed by atoms with Crippen LogP contribution in [0.4, 0.5) is 0 Å². The fourth-order valence-corrected chi connectivity index (χ4v) is 3.53. The van der Waals surface area contributed by atoms with Crippen molar-refractivity contribution in [3.8, 4) is 0 Å². The van der Waals surface area contributed by atoms with Crippen LogP contribution >= 0.6 is 11.3 Å². The van der Waals surface area contributed by atoms with Crippen LogP contribution in [0.2, 0.25) is 0 Å². The van der Waals surface area contributed by atoms with Crippen molar-refractivity contribution in [1.82, 2.24) is 9.80 Å². The van der Waals surface area contributed by atoms with Crippen LogP contribution in [0.3, 0.4) is 0 Å². The maximum Gasteiger partial charge on any atom is 0.0900 e. The first-order valence-electron chi connectivity index (χ1n) is 7.97. The summed E-state index contributed by atoms with van der Waals surface area (Å²) in [7, 11) is 0. The van der Waals surface area contributed by atoms with Gasteiger partial charge in [-0.3, -0.25) is 9.80 Å². The van der Waals surface area contributed by atoms with Gasteiger partial charge in [0.1, 0.15) is 0 Å². The Morgan fingerprint density at radius 2 is 2.18 bits per heavy atom. The minimum Gasteiger partial charge on any atom is -0.392 e. The Labute approximate surface area is 137 Å². The largest absolute Gasteiger partial charge is 0.392 e. The molecule has 1 aliphatic rings. The Kier molecular flexibility index (Phi) is 7.27. The predicted octanol–water partition coefficient (Wildman–Crippen LogP) is 1.01. The number of aliphatic hydroxyl groups excluding tert-OH is 2. The molecule has 0 aliphatic carbocycles. The molecule has 0 amide bonds. The first-order chi connectivity index (χ1) is 10.5. The molecule has 0 spiro atoms. The summed E-state index contributed by atoms with van der Waals surface area (Å²) in [5.41, 5.74) is 0. The summed E-state index contributed by atoms with van der Waals surface area (Å²) in [6.07, 6.45) is -0.735. The number of hydrogen-bond acceptors (Lipinski definition) is 6. The number of β-amino-alcohol motifs (C(OH)–C–C–N with tert-alkyl or cyclic N) is 2. The van der Waals surface area contributed by atoms with E-state index in [1.54, 1.807) is 11.3 Å². The molecule has 1 aliphatic heterocycles. The fourth-order valence-electron chi connectivity index (χ4n) is 2.89. The third-order valence-corrected chi connectivity index (χ3v) is 4.80. The summed E-state index contributed by atoms with van der Waals surface area (Å²) in [5.74, 6) is 0. The molecule has 6 heteroatoms. The van der Waals surface area contributed by atoms with E-state index < -0.39 is 6.10 Å². The van der Waals surface area contributed by atoms with E-state index in [1.165, 1.54) is 4.88 Å². The van der Waals surface area contributed by atoms with Crippen LogP contribution < -0.4 is 0 Å². The van der Waals surface area contributed by atoms with Gasteiger partial charge in [0.15, 0.2) is 0 Å². The zero-order chi connectivity index (χ0) is 15.9. The normalized spacial score (nSPS) is 23.5. The molecular formula is C16H28N2O3S. The van der Waals surface area contributed by atoms with Gasteiger partial charge in [0, 0.05) is 43.6 Å². The molecular weight excluding hydrogens is 300 g/mol. The molecule has 3 atom stereocenters. The second-order valence-electron chi connectivity index (χ2n) is 6.20. The maximum atomic E-state index is 10.1. The molecule has 126 valence electrons. The van der Waals surface area contributed by atoms with Gasteiger partial charge in [-0.15, -0.1) is 11.3 Å². The topological polar surface area (TPSA) is 56.2 Å². The highest BCUT2D eigenvalue weighted by Gasteiger charge is 2.25. The van der Waals surface area contributed by atoms with Crippen LogP contribution in [0.15, 0.2) is 17.5 Å². The van der Waals surface area contributed by atoms with E-state index in [-0.39, 0.29) is 6.10 Å². The number of thiophene rings is 1. The fraction of sp³-hybridized carbons (Fsp3) is 0.750. The lowest BCUT2D eigenvalue weighted by Gasteiger charge is -2.40. The lowest BCUT2D eigenvalue weighted by molar-refractivity contribution is -0.0110. The van der Waals surface area contributed by atoms with E-state index in [4.69, 9.17) is 4.74 Å². The van der Waals surface area contributed by atoms with Crippen molar-refractivity contribution in [1.29, 1.82) is 0 Å². The van der Waals surface area contributed by atoms with Gasteiger partial charge in [0.2, 0.25) is 0 Å². The number of hydrogen-bond donors (Lipinski definition) is 2. The van der Waals surface area contributed by atoms with Crippen LogP contribution in [0.1, 0.15) is 18.7 Å². The third-order valence-electron chi connectivity index (χ3n) is 3.95. The van der Waals surface area contributed by atoms with Crippen molar-refractivity contribution in [2.45, 2.75) is 38.7 Å². The Morgan fingerprint density at radius 3 is 2.82 bits per heavy atom. The molecule has 2 rings (SSSR count). The Balaban J connectivity index is 1.64. The summed E-state index contributed by atoms with van der Waals surface area (Å²) in [6, 6.07) is 4.45. The zero-order valence-electron chi connectivity index (χ0n) is 13.5. The SMILES string of the molecule is C[C@H](O)CN1CCN(C[C@@H](O)COCc2cccs2)C[C@@H]1C. The summed E-state index contributed by atoms with van der Waals surface area (Å²) in [6.45, 7) is 9.12. The number of rotatable bonds is 8. The van der Waals surface area contributed by atoms with Crippen molar-refractivity contribution in [3.63, 3.8) is 0 Å². The summed E-state index contributed by atoms with van der Waals surface area (Å²) >= 11 is 1.67. The molecule has 1 aromatic rings. The average Bonchev–Trinajstić information content (AvgIpc) is 2.95. The second-order valence-corrected chi connectivity index (χ2v) is 7.23. The number of ether oxygens (including phenoxy) is 1. The van der Waals surface area contributed by atoms with Gasteiger partial charge in [0.05, 0.1) is 25.4 Å². The zero-order valence-corrected chi connectivity index (χ0v) is 14.3. The quantitative estimate of drug-likeness (QED) is 0.746. The molecule has 5 nitrogen and oxygen atoms in total. The van der Waals surface area contributed by atoms with Crippen molar-refractivity contribution in [2.24, 2.45) is 0 Å². The van der Waals surface area contributed by atoms with Crippen LogP contribution in [-0.4, -0.2) is 77.6 Å². The summed E-state index contributed by atoms with van der Waals surface area (Å²) in [4.78, 5) is 5.77. The molecule has 22 heavy (non-hydrogen) atoms. The summed E-state index contributed by atoms with van der Waals surface area (Å²) < 4.78 is 5.57. The van der Waals surface area contributed by atoms with Gasteiger partial charge in [-0.1, -0.05) is 6.07 Å². The molecule has 2 N–H and O–H groups in total. The molecule has 0 radical (unpaired) electrons. The monoisotopic (exact) mass is 328 g/mol. The van der Waals surface area contributed by atoms with E-state index >= 15 is 0 Å². The van der Waals surface area contributed by atoms with Gasteiger partial charge in [0.25, 0.3) is 0 Å². The maximum absolute atomic E-state index is 10.1. The molecule has 1 saturated heterocycles. The first kappa shape index (κ1) is 17.8. The highest BCUT2D eigenvalue weighted by atomic mass is 32.1. The first-order valence-corrected chi connectivity index (χ1v) is 8.85. The molecule has 0 saturated carbocycles. The van der Waals surface area contributed by atoms with E-state index in [9.17, 15) is 10.2 Å². The van der Waals surface area contributed by atoms with Crippen LogP contribution in [0.25, 0.3) is 0 Å². The molecule has 1 aromatic heterocycles. The Bertz CT molecular complexity index is 414.